The van der Waals surface area contributed by atoms with E-state index in [2.05, 4.69) is 35.5 Å². The van der Waals surface area contributed by atoms with E-state index in [1.165, 1.54) is 12.0 Å². The summed E-state index contributed by atoms with van der Waals surface area (Å²) < 4.78 is 0. The predicted octanol–water partition coefficient (Wildman–Crippen LogP) is 3.40. The third-order valence-corrected chi connectivity index (χ3v) is 7.61. The van der Waals surface area contributed by atoms with Gasteiger partial charge in [-0.15, -0.1) is 0 Å². The van der Waals surface area contributed by atoms with Crippen molar-refractivity contribution in [1.82, 2.24) is 15.5 Å². The van der Waals surface area contributed by atoms with Gasteiger partial charge in [0.1, 0.15) is 0 Å². The molecule has 3 aliphatic rings. The molecular weight excluding hydrogens is 386 g/mol. The molecule has 0 radical (unpaired) electrons. The topological polar surface area (TPSA) is 64.6 Å². The van der Waals surface area contributed by atoms with Crippen LogP contribution in [0.1, 0.15) is 57.9 Å². The Kier molecular flexibility index (Phi) is 7.15. The quantitative estimate of drug-likeness (QED) is 0.419. The summed E-state index contributed by atoms with van der Waals surface area (Å²) in [4.78, 5) is 15.8. The highest BCUT2D eigenvalue weighted by atomic mass is 16.3. The molecule has 2 aliphatic carbocycles. The molecule has 1 amide bonds. The number of hydrogen-bond acceptors (Lipinski definition) is 4. The van der Waals surface area contributed by atoms with Gasteiger partial charge in [-0.2, -0.15) is 0 Å². The number of benzene rings is 1. The van der Waals surface area contributed by atoms with E-state index < -0.39 is 5.60 Å². The molecule has 1 aromatic rings. The second-order valence-corrected chi connectivity index (χ2v) is 10.0. The molecule has 5 nitrogen and oxygen atoms in total. The number of piperidine rings is 1. The average Bonchev–Trinajstić information content (AvgIpc) is 3.23. The standard InChI is InChI=1S/C26H39N3O2/c1-19(2)10-9-15-29-16-22-23(17-29)24(22)27-18-28-25(30)26(31,20-11-5-3-6-12-20)21-13-7-4-8-14-21/h3,5-6,10-12,21-24,27,31H,4,7-9,13-18H2,1-2H3,(H,28,30)/t22-,23+,24?,26?. The Morgan fingerprint density at radius 1 is 1.13 bits per heavy atom. The third-order valence-electron chi connectivity index (χ3n) is 7.61. The minimum atomic E-state index is -1.44. The number of hydrogen-bond donors (Lipinski definition) is 3. The molecule has 1 aromatic carbocycles. The van der Waals surface area contributed by atoms with Crippen LogP contribution in [-0.2, 0) is 10.4 Å². The molecular formula is C26H39N3O2. The Hall–Kier alpha value is -1.69. The lowest BCUT2D eigenvalue weighted by Gasteiger charge is -2.37. The number of fused-ring (bicyclic) bond motifs is 1. The molecule has 5 heteroatoms. The van der Waals surface area contributed by atoms with Crippen molar-refractivity contribution in [1.29, 1.82) is 0 Å². The van der Waals surface area contributed by atoms with Crippen LogP contribution in [0, 0.1) is 17.8 Å². The van der Waals surface area contributed by atoms with Crippen LogP contribution >= 0.6 is 0 Å². The zero-order valence-electron chi connectivity index (χ0n) is 19.1. The average molecular weight is 426 g/mol. The molecule has 0 spiro atoms. The molecule has 31 heavy (non-hydrogen) atoms. The van der Waals surface area contributed by atoms with Crippen LogP contribution < -0.4 is 10.6 Å². The maximum absolute atomic E-state index is 13.2. The highest BCUT2D eigenvalue weighted by molar-refractivity contribution is 5.86. The summed E-state index contributed by atoms with van der Waals surface area (Å²) in [5, 5.41) is 18.2. The third kappa shape index (κ3) is 5.05. The lowest BCUT2D eigenvalue weighted by molar-refractivity contribution is -0.149. The van der Waals surface area contributed by atoms with Crippen LogP contribution in [0.5, 0.6) is 0 Å². The number of carbonyl (C=O) groups excluding carboxylic acids is 1. The van der Waals surface area contributed by atoms with Gasteiger partial charge < -0.3 is 15.3 Å². The van der Waals surface area contributed by atoms with Gasteiger partial charge in [0.2, 0.25) is 0 Å². The van der Waals surface area contributed by atoms with Crippen molar-refractivity contribution in [3.63, 3.8) is 0 Å². The SMILES string of the molecule is CC(C)=CCCN1C[C@@H]2C(NCNC(=O)C(O)(c3ccccc3)C3CCCCC3)[C@@H]2C1. The number of carbonyl (C=O) groups is 1. The van der Waals surface area contributed by atoms with E-state index in [4.69, 9.17) is 0 Å². The molecule has 1 aliphatic heterocycles. The molecule has 1 saturated heterocycles. The lowest BCUT2D eigenvalue weighted by Crippen LogP contribution is -2.52. The van der Waals surface area contributed by atoms with Crippen molar-refractivity contribution in [2.75, 3.05) is 26.3 Å². The van der Waals surface area contributed by atoms with Crippen molar-refractivity contribution in [2.24, 2.45) is 17.8 Å². The van der Waals surface area contributed by atoms with Crippen LogP contribution in [0.2, 0.25) is 0 Å². The minimum absolute atomic E-state index is 0.0154. The minimum Gasteiger partial charge on any atom is -0.375 e. The fourth-order valence-corrected chi connectivity index (χ4v) is 5.78. The van der Waals surface area contributed by atoms with Gasteiger partial charge in [-0.25, -0.2) is 0 Å². The fourth-order valence-electron chi connectivity index (χ4n) is 5.78. The Morgan fingerprint density at radius 3 is 2.45 bits per heavy atom. The monoisotopic (exact) mass is 425 g/mol. The number of nitrogens with zero attached hydrogens (tertiary/aromatic N) is 1. The second kappa shape index (κ2) is 9.85. The largest absolute Gasteiger partial charge is 0.375 e. The smallest absolute Gasteiger partial charge is 0.257 e. The zero-order chi connectivity index (χ0) is 21.8. The zero-order valence-corrected chi connectivity index (χ0v) is 19.1. The van der Waals surface area contributed by atoms with Gasteiger partial charge in [0.15, 0.2) is 5.60 Å². The van der Waals surface area contributed by atoms with Crippen LogP contribution in [0.3, 0.4) is 0 Å². The fraction of sp³-hybridized carbons (Fsp3) is 0.654. The van der Waals surface area contributed by atoms with Crippen LogP contribution in [-0.4, -0.2) is 48.3 Å². The van der Waals surface area contributed by atoms with Gasteiger partial charge in [-0.1, -0.05) is 61.2 Å². The summed E-state index contributed by atoms with van der Waals surface area (Å²) in [5.41, 5.74) is 0.669. The molecule has 4 rings (SSSR count). The summed E-state index contributed by atoms with van der Waals surface area (Å²) in [6.45, 7) is 8.20. The Balaban J connectivity index is 1.27. The van der Waals surface area contributed by atoms with E-state index in [1.807, 2.05) is 30.3 Å². The summed E-state index contributed by atoms with van der Waals surface area (Å²) in [5.74, 6) is 1.13. The summed E-state index contributed by atoms with van der Waals surface area (Å²) in [6, 6.07) is 10.0. The Morgan fingerprint density at radius 2 is 1.81 bits per heavy atom. The number of rotatable bonds is 9. The Labute approximate surface area is 187 Å². The molecule has 2 saturated carbocycles. The van der Waals surface area contributed by atoms with E-state index in [0.717, 1.165) is 57.3 Å². The number of nitrogens with one attached hydrogen (secondary N) is 2. The first kappa shape index (κ1) is 22.5. The van der Waals surface area contributed by atoms with Gasteiger partial charge in [-0.05, 0) is 50.5 Å². The lowest BCUT2D eigenvalue weighted by atomic mass is 9.73. The van der Waals surface area contributed by atoms with Gasteiger partial charge in [0.25, 0.3) is 5.91 Å². The molecule has 4 atom stereocenters. The first-order chi connectivity index (χ1) is 15.0. The molecule has 170 valence electrons. The summed E-state index contributed by atoms with van der Waals surface area (Å²) in [7, 11) is 0. The molecule has 0 aromatic heterocycles. The van der Waals surface area contributed by atoms with E-state index >= 15 is 0 Å². The number of aliphatic hydroxyl groups is 1. The van der Waals surface area contributed by atoms with Crippen molar-refractivity contribution in [3.05, 3.63) is 47.5 Å². The molecule has 3 fully saturated rings. The summed E-state index contributed by atoms with van der Waals surface area (Å²) >= 11 is 0. The predicted molar refractivity (Wildman–Crippen MR) is 124 cm³/mol. The van der Waals surface area contributed by atoms with Gasteiger partial charge in [0.05, 0.1) is 6.67 Å². The normalized spacial score (nSPS) is 27.9. The highest BCUT2D eigenvalue weighted by Gasteiger charge is 2.55. The summed E-state index contributed by atoms with van der Waals surface area (Å²) in [6.07, 6.45) is 8.62. The first-order valence-electron chi connectivity index (χ1n) is 12.2. The molecule has 3 N–H and O–H groups in total. The van der Waals surface area contributed by atoms with Gasteiger partial charge >= 0.3 is 0 Å². The molecule has 1 heterocycles. The van der Waals surface area contributed by atoms with Crippen molar-refractivity contribution >= 4 is 5.91 Å². The van der Waals surface area contributed by atoms with E-state index in [-0.39, 0.29) is 11.8 Å². The Bertz CT molecular complexity index is 758. The maximum atomic E-state index is 13.2. The molecule has 0 bridgehead atoms. The van der Waals surface area contributed by atoms with E-state index in [0.29, 0.717) is 24.5 Å². The van der Waals surface area contributed by atoms with E-state index in [1.54, 1.807) is 0 Å². The van der Waals surface area contributed by atoms with Crippen LogP contribution in [0.25, 0.3) is 0 Å². The first-order valence-corrected chi connectivity index (χ1v) is 12.2. The van der Waals surface area contributed by atoms with Gasteiger partial charge in [-0.3, -0.25) is 10.1 Å². The van der Waals surface area contributed by atoms with Crippen molar-refractivity contribution in [2.45, 2.75) is 64.0 Å². The number of likely N-dealkylation sites (tertiary alicyclic amines) is 1. The van der Waals surface area contributed by atoms with Crippen LogP contribution in [0.15, 0.2) is 42.0 Å². The number of amides is 1. The van der Waals surface area contributed by atoms with Crippen molar-refractivity contribution < 1.29 is 9.90 Å². The highest BCUT2D eigenvalue weighted by Crippen LogP contribution is 2.45. The van der Waals surface area contributed by atoms with Crippen molar-refractivity contribution in [3.8, 4) is 0 Å². The number of allylic oxidation sites excluding steroid dienone is 1. The molecule has 2 unspecified atom stereocenters. The van der Waals surface area contributed by atoms with Gasteiger partial charge in [0, 0.05) is 31.6 Å². The maximum Gasteiger partial charge on any atom is 0.257 e. The van der Waals surface area contributed by atoms with E-state index in [9.17, 15) is 9.90 Å². The van der Waals surface area contributed by atoms with Crippen LogP contribution in [0.4, 0.5) is 0 Å². The second-order valence-electron chi connectivity index (χ2n) is 10.0.